The molecule has 0 atom stereocenters. The van der Waals surface area contributed by atoms with E-state index in [0.29, 0.717) is 12.8 Å². The number of nitrogens with zero attached hydrogens (tertiary/aromatic N) is 3. The fourth-order valence-electron chi connectivity index (χ4n) is 1.91. The van der Waals surface area contributed by atoms with Crippen molar-refractivity contribution >= 4 is 5.78 Å². The molecule has 84 valence electrons. The minimum absolute atomic E-state index is 0.0946. The Morgan fingerprint density at radius 3 is 2.50 bits per heavy atom. The second-order valence-electron chi connectivity index (χ2n) is 5.43. The molecule has 16 heavy (non-hydrogen) atoms. The Kier molecular flexibility index (Phi) is 2.16. The summed E-state index contributed by atoms with van der Waals surface area (Å²) in [7, 11) is 0. The fourth-order valence-corrected chi connectivity index (χ4v) is 1.91. The third kappa shape index (κ3) is 1.53. The monoisotopic (exact) mass is 217 g/mol. The molecule has 1 saturated carbocycles. The standard InChI is InChI=1S/C12H15N3O/c1-11(2,3)15-7-9(6-14-15)12(8-13)4-10(16)5-12/h6-7H,4-5H2,1-3H3. The smallest absolute Gasteiger partial charge is 0.136 e. The van der Waals surface area contributed by atoms with Gasteiger partial charge in [-0.2, -0.15) is 10.4 Å². The number of ketones is 1. The number of rotatable bonds is 1. The topological polar surface area (TPSA) is 58.7 Å². The molecule has 0 aliphatic heterocycles. The molecule has 0 N–H and O–H groups in total. The van der Waals surface area contributed by atoms with Gasteiger partial charge in [0, 0.05) is 24.6 Å². The molecule has 1 heterocycles. The Morgan fingerprint density at radius 2 is 2.12 bits per heavy atom. The van der Waals surface area contributed by atoms with Gasteiger partial charge < -0.3 is 0 Å². The maximum Gasteiger partial charge on any atom is 0.136 e. The van der Waals surface area contributed by atoms with Crippen LogP contribution in [0.5, 0.6) is 0 Å². The number of hydrogen-bond acceptors (Lipinski definition) is 3. The van der Waals surface area contributed by atoms with Gasteiger partial charge in [-0.25, -0.2) is 0 Å². The Balaban J connectivity index is 2.33. The van der Waals surface area contributed by atoms with Crippen LogP contribution in [-0.2, 0) is 15.7 Å². The van der Waals surface area contributed by atoms with E-state index >= 15 is 0 Å². The first-order valence-corrected chi connectivity index (χ1v) is 5.36. The van der Waals surface area contributed by atoms with Gasteiger partial charge >= 0.3 is 0 Å². The predicted octanol–water partition coefficient (Wildman–Crippen LogP) is 1.76. The van der Waals surface area contributed by atoms with E-state index in [1.807, 2.05) is 10.9 Å². The molecule has 1 aromatic rings. The molecule has 4 nitrogen and oxygen atoms in total. The molecule has 0 saturated heterocycles. The van der Waals surface area contributed by atoms with E-state index in [4.69, 9.17) is 0 Å². The quantitative estimate of drug-likeness (QED) is 0.720. The van der Waals surface area contributed by atoms with Crippen LogP contribution in [0.1, 0.15) is 39.2 Å². The van der Waals surface area contributed by atoms with Gasteiger partial charge in [0.15, 0.2) is 0 Å². The van der Waals surface area contributed by atoms with Crippen molar-refractivity contribution in [1.82, 2.24) is 9.78 Å². The summed E-state index contributed by atoms with van der Waals surface area (Å²) in [6, 6.07) is 2.25. The number of hydrogen-bond donors (Lipinski definition) is 0. The summed E-state index contributed by atoms with van der Waals surface area (Å²) in [6.45, 7) is 6.15. The van der Waals surface area contributed by atoms with Gasteiger partial charge in [0.05, 0.1) is 23.2 Å². The lowest BCUT2D eigenvalue weighted by molar-refractivity contribution is -0.126. The molecule has 1 aromatic heterocycles. The van der Waals surface area contributed by atoms with E-state index in [9.17, 15) is 10.1 Å². The van der Waals surface area contributed by atoms with Crippen LogP contribution in [0.3, 0.4) is 0 Å². The molecule has 2 rings (SSSR count). The van der Waals surface area contributed by atoms with Crippen molar-refractivity contribution in [3.63, 3.8) is 0 Å². The van der Waals surface area contributed by atoms with Crippen molar-refractivity contribution in [2.75, 3.05) is 0 Å². The van der Waals surface area contributed by atoms with E-state index in [2.05, 4.69) is 31.9 Å². The maximum atomic E-state index is 11.1. The number of nitriles is 1. The van der Waals surface area contributed by atoms with Crippen LogP contribution >= 0.6 is 0 Å². The van der Waals surface area contributed by atoms with E-state index < -0.39 is 5.41 Å². The highest BCUT2D eigenvalue weighted by Gasteiger charge is 2.46. The number of carbonyl (C=O) groups excluding carboxylic acids is 1. The zero-order valence-corrected chi connectivity index (χ0v) is 9.82. The first kappa shape index (κ1) is 10.9. The van der Waals surface area contributed by atoms with Crippen LogP contribution in [0.2, 0.25) is 0 Å². The largest absolute Gasteiger partial charge is 0.300 e. The van der Waals surface area contributed by atoms with E-state index in [-0.39, 0.29) is 11.3 Å². The molecule has 1 aliphatic carbocycles. The van der Waals surface area contributed by atoms with Crippen molar-refractivity contribution in [3.05, 3.63) is 18.0 Å². The third-order valence-corrected chi connectivity index (χ3v) is 3.03. The van der Waals surface area contributed by atoms with Crippen molar-refractivity contribution in [3.8, 4) is 6.07 Å². The highest BCUT2D eigenvalue weighted by molar-refractivity contribution is 5.90. The van der Waals surface area contributed by atoms with Crippen LogP contribution < -0.4 is 0 Å². The molecular weight excluding hydrogens is 202 g/mol. The average molecular weight is 217 g/mol. The van der Waals surface area contributed by atoms with Crippen molar-refractivity contribution < 1.29 is 4.79 Å². The molecule has 0 amide bonds. The van der Waals surface area contributed by atoms with Gasteiger partial charge in [0.25, 0.3) is 0 Å². The van der Waals surface area contributed by atoms with Crippen molar-refractivity contribution in [2.45, 2.75) is 44.6 Å². The van der Waals surface area contributed by atoms with Crippen LogP contribution in [0.4, 0.5) is 0 Å². The summed E-state index contributed by atoms with van der Waals surface area (Å²) in [5, 5.41) is 13.4. The van der Waals surface area contributed by atoms with Gasteiger partial charge in [-0.05, 0) is 20.8 Å². The van der Waals surface area contributed by atoms with Crippen LogP contribution in [0.25, 0.3) is 0 Å². The second kappa shape index (κ2) is 3.18. The summed E-state index contributed by atoms with van der Waals surface area (Å²) in [6.07, 6.45) is 4.26. The van der Waals surface area contributed by atoms with Gasteiger partial charge in [-0.1, -0.05) is 0 Å². The van der Waals surface area contributed by atoms with E-state index in [1.165, 1.54) is 0 Å². The molecule has 0 radical (unpaired) electrons. The minimum atomic E-state index is -0.611. The maximum absolute atomic E-state index is 11.1. The molecule has 0 spiro atoms. The molecule has 1 fully saturated rings. The molecule has 4 heteroatoms. The van der Waals surface area contributed by atoms with Gasteiger partial charge in [0.2, 0.25) is 0 Å². The lowest BCUT2D eigenvalue weighted by Crippen LogP contribution is -2.40. The molecule has 1 aliphatic rings. The van der Waals surface area contributed by atoms with Crippen LogP contribution in [0, 0.1) is 11.3 Å². The van der Waals surface area contributed by atoms with Crippen molar-refractivity contribution in [1.29, 1.82) is 5.26 Å². The predicted molar refractivity (Wildman–Crippen MR) is 58.8 cm³/mol. The normalized spacial score (nSPS) is 19.0. The number of aromatic nitrogens is 2. The first-order chi connectivity index (χ1) is 7.37. The molecule has 0 aromatic carbocycles. The summed E-state index contributed by atoms with van der Waals surface area (Å²) in [5.74, 6) is 0.157. The highest BCUT2D eigenvalue weighted by Crippen LogP contribution is 2.40. The van der Waals surface area contributed by atoms with Gasteiger partial charge in [-0.3, -0.25) is 9.48 Å². The SMILES string of the molecule is CC(C)(C)n1cc(C2(C#N)CC(=O)C2)cn1. The second-order valence-corrected chi connectivity index (χ2v) is 5.43. The third-order valence-electron chi connectivity index (χ3n) is 3.03. The lowest BCUT2D eigenvalue weighted by atomic mass is 9.65. The Labute approximate surface area is 94.9 Å². The summed E-state index contributed by atoms with van der Waals surface area (Å²) in [4.78, 5) is 11.1. The average Bonchev–Trinajstić information content (AvgIpc) is 2.60. The van der Waals surface area contributed by atoms with Crippen LogP contribution in [-0.4, -0.2) is 15.6 Å². The zero-order chi connectivity index (χ0) is 12.0. The summed E-state index contributed by atoms with van der Waals surface area (Å²) in [5.41, 5.74) is 0.160. The van der Waals surface area contributed by atoms with Crippen LogP contribution in [0.15, 0.2) is 12.4 Å². The van der Waals surface area contributed by atoms with E-state index in [0.717, 1.165) is 5.56 Å². The Bertz CT molecular complexity index is 465. The number of carbonyl (C=O) groups is 1. The fraction of sp³-hybridized carbons (Fsp3) is 0.583. The van der Waals surface area contributed by atoms with Gasteiger partial charge in [0.1, 0.15) is 5.78 Å². The minimum Gasteiger partial charge on any atom is -0.300 e. The zero-order valence-electron chi connectivity index (χ0n) is 9.82. The van der Waals surface area contributed by atoms with Crippen molar-refractivity contribution in [2.24, 2.45) is 0 Å². The summed E-state index contributed by atoms with van der Waals surface area (Å²) >= 11 is 0. The highest BCUT2D eigenvalue weighted by atomic mass is 16.1. The first-order valence-electron chi connectivity index (χ1n) is 5.36. The Hall–Kier alpha value is -1.63. The lowest BCUT2D eigenvalue weighted by Gasteiger charge is -2.32. The molecule has 0 bridgehead atoms. The molecule has 0 unspecified atom stereocenters. The number of Topliss-reactive ketones (excluding diaryl/α,β-unsaturated/α-hetero) is 1. The Morgan fingerprint density at radius 1 is 1.50 bits per heavy atom. The van der Waals surface area contributed by atoms with Gasteiger partial charge in [-0.15, -0.1) is 0 Å². The molecular formula is C12H15N3O. The van der Waals surface area contributed by atoms with E-state index in [1.54, 1.807) is 6.20 Å². The summed E-state index contributed by atoms with van der Waals surface area (Å²) < 4.78 is 1.84.